The molecule has 1 rings (SSSR count). The van der Waals surface area contributed by atoms with Crippen LogP contribution in [0.1, 0.15) is 38.8 Å². The normalized spacial score (nSPS) is 13.0. The fraction of sp³-hybridized carbons (Fsp3) is 0.467. The topological polar surface area (TPSA) is 110 Å². The van der Waals surface area contributed by atoms with E-state index in [1.165, 1.54) is 0 Å². The van der Waals surface area contributed by atoms with Crippen LogP contribution in [0.3, 0.4) is 0 Å². The SMILES string of the molecule is CC(C)C[C@H](N)C(=O)NC(C)c1ccc(NC(N)=O)cc1.Cl. The van der Waals surface area contributed by atoms with Gasteiger partial charge in [-0.3, -0.25) is 4.79 Å². The second-order valence-corrected chi connectivity index (χ2v) is 5.58. The molecule has 2 atom stereocenters. The molecule has 0 radical (unpaired) electrons. The largest absolute Gasteiger partial charge is 0.351 e. The molecule has 7 heteroatoms. The minimum absolute atomic E-state index is 0. The van der Waals surface area contributed by atoms with E-state index in [0.29, 0.717) is 18.0 Å². The quantitative estimate of drug-likeness (QED) is 0.642. The lowest BCUT2D eigenvalue weighted by Gasteiger charge is -2.19. The predicted molar refractivity (Wildman–Crippen MR) is 90.9 cm³/mol. The van der Waals surface area contributed by atoms with E-state index in [-0.39, 0.29) is 24.4 Å². The van der Waals surface area contributed by atoms with E-state index >= 15 is 0 Å². The number of carbonyl (C=O) groups is 2. The molecule has 6 N–H and O–H groups in total. The van der Waals surface area contributed by atoms with Crippen molar-refractivity contribution in [3.05, 3.63) is 29.8 Å². The van der Waals surface area contributed by atoms with Gasteiger partial charge in [-0.25, -0.2) is 4.79 Å². The summed E-state index contributed by atoms with van der Waals surface area (Å²) in [6.45, 7) is 5.94. The number of primary amides is 1. The Balaban J connectivity index is 0.00000441. The van der Waals surface area contributed by atoms with Crippen LogP contribution in [0.15, 0.2) is 24.3 Å². The zero-order valence-electron chi connectivity index (χ0n) is 13.1. The first-order chi connectivity index (χ1) is 9.79. The number of hydrogen-bond acceptors (Lipinski definition) is 3. The highest BCUT2D eigenvalue weighted by atomic mass is 35.5. The summed E-state index contributed by atoms with van der Waals surface area (Å²) in [6, 6.07) is 5.85. The molecule has 1 aromatic carbocycles. The molecule has 0 heterocycles. The smallest absolute Gasteiger partial charge is 0.316 e. The van der Waals surface area contributed by atoms with Gasteiger partial charge >= 0.3 is 6.03 Å². The van der Waals surface area contributed by atoms with Gasteiger partial charge in [0.2, 0.25) is 5.91 Å². The molecule has 0 saturated carbocycles. The molecule has 6 nitrogen and oxygen atoms in total. The van der Waals surface area contributed by atoms with E-state index in [2.05, 4.69) is 10.6 Å². The summed E-state index contributed by atoms with van der Waals surface area (Å²) in [7, 11) is 0. The number of nitrogens with one attached hydrogen (secondary N) is 2. The van der Waals surface area contributed by atoms with Gasteiger partial charge in [-0.15, -0.1) is 12.4 Å². The molecule has 1 unspecified atom stereocenters. The molecule has 0 aliphatic carbocycles. The first-order valence-corrected chi connectivity index (χ1v) is 7.02. The van der Waals surface area contributed by atoms with Crippen LogP contribution in [-0.2, 0) is 4.79 Å². The minimum Gasteiger partial charge on any atom is -0.351 e. The Morgan fingerprint density at radius 1 is 1.14 bits per heavy atom. The average Bonchev–Trinajstić information content (AvgIpc) is 2.37. The van der Waals surface area contributed by atoms with Crippen molar-refractivity contribution in [1.29, 1.82) is 0 Å². The summed E-state index contributed by atoms with van der Waals surface area (Å²) in [6.07, 6.45) is 0.653. The monoisotopic (exact) mass is 328 g/mol. The van der Waals surface area contributed by atoms with Crippen LogP contribution in [0.25, 0.3) is 0 Å². The summed E-state index contributed by atoms with van der Waals surface area (Å²) in [5, 5.41) is 5.37. The molecular formula is C15H25ClN4O2. The van der Waals surface area contributed by atoms with E-state index < -0.39 is 12.1 Å². The van der Waals surface area contributed by atoms with Crippen molar-refractivity contribution >= 4 is 30.0 Å². The number of halogens is 1. The highest BCUT2D eigenvalue weighted by Gasteiger charge is 2.17. The molecule has 0 fully saturated rings. The average molecular weight is 329 g/mol. The second-order valence-electron chi connectivity index (χ2n) is 5.58. The molecule has 0 saturated heterocycles. The zero-order valence-corrected chi connectivity index (χ0v) is 13.9. The van der Waals surface area contributed by atoms with Crippen LogP contribution in [0.2, 0.25) is 0 Å². The zero-order chi connectivity index (χ0) is 16.0. The minimum atomic E-state index is -0.608. The van der Waals surface area contributed by atoms with Gasteiger partial charge in [0.05, 0.1) is 12.1 Å². The highest BCUT2D eigenvalue weighted by molar-refractivity contribution is 5.87. The second kappa shape index (κ2) is 9.27. The maximum atomic E-state index is 12.0. The van der Waals surface area contributed by atoms with Crippen molar-refractivity contribution in [2.75, 3.05) is 5.32 Å². The van der Waals surface area contributed by atoms with Gasteiger partial charge in [-0.2, -0.15) is 0 Å². The number of urea groups is 1. The third-order valence-corrected chi connectivity index (χ3v) is 3.10. The van der Waals surface area contributed by atoms with Crippen LogP contribution < -0.4 is 22.1 Å². The summed E-state index contributed by atoms with van der Waals surface area (Å²) >= 11 is 0. The van der Waals surface area contributed by atoms with Crippen LogP contribution in [0.5, 0.6) is 0 Å². The first-order valence-electron chi connectivity index (χ1n) is 7.02. The van der Waals surface area contributed by atoms with E-state index in [1.54, 1.807) is 12.1 Å². The lowest BCUT2D eigenvalue weighted by Crippen LogP contribution is -2.42. The van der Waals surface area contributed by atoms with Crippen molar-refractivity contribution in [3.8, 4) is 0 Å². The molecule has 0 aliphatic rings. The fourth-order valence-electron chi connectivity index (χ4n) is 2.02. The van der Waals surface area contributed by atoms with Crippen LogP contribution in [0, 0.1) is 5.92 Å². The predicted octanol–water partition coefficient (Wildman–Crippen LogP) is 2.15. The van der Waals surface area contributed by atoms with Crippen LogP contribution >= 0.6 is 12.4 Å². The van der Waals surface area contributed by atoms with Crippen molar-refractivity contribution in [3.63, 3.8) is 0 Å². The number of carbonyl (C=O) groups excluding carboxylic acids is 2. The van der Waals surface area contributed by atoms with Gasteiger partial charge in [0.1, 0.15) is 0 Å². The molecule has 124 valence electrons. The standard InChI is InChI=1S/C15H24N4O2.ClH/c1-9(2)8-13(16)14(20)18-10(3)11-4-6-12(7-5-11)19-15(17)21;/h4-7,9-10,13H,8,16H2,1-3H3,(H,18,20)(H3,17,19,21);1H/t10?,13-;/m0./s1. The van der Waals surface area contributed by atoms with Gasteiger partial charge in [-0.05, 0) is 37.0 Å². The molecule has 0 aliphatic heterocycles. The third-order valence-electron chi connectivity index (χ3n) is 3.10. The van der Waals surface area contributed by atoms with E-state index in [0.717, 1.165) is 5.56 Å². The van der Waals surface area contributed by atoms with Crippen molar-refractivity contribution < 1.29 is 9.59 Å². The summed E-state index contributed by atoms with van der Waals surface area (Å²) in [4.78, 5) is 22.7. The van der Waals surface area contributed by atoms with Gasteiger partial charge < -0.3 is 22.1 Å². The Bertz CT molecular complexity index is 491. The molecule has 0 aromatic heterocycles. The number of amides is 3. The van der Waals surface area contributed by atoms with E-state index in [4.69, 9.17) is 11.5 Å². The van der Waals surface area contributed by atoms with Gasteiger partial charge in [0.15, 0.2) is 0 Å². The number of anilines is 1. The lowest BCUT2D eigenvalue weighted by molar-refractivity contribution is -0.123. The van der Waals surface area contributed by atoms with Gasteiger partial charge in [-0.1, -0.05) is 26.0 Å². The molecule has 3 amide bonds. The number of benzene rings is 1. The van der Waals surface area contributed by atoms with Crippen molar-refractivity contribution in [2.45, 2.75) is 39.3 Å². The summed E-state index contributed by atoms with van der Waals surface area (Å²) < 4.78 is 0. The van der Waals surface area contributed by atoms with E-state index in [9.17, 15) is 9.59 Å². The summed E-state index contributed by atoms with van der Waals surface area (Å²) in [5.74, 6) is 0.218. The summed E-state index contributed by atoms with van der Waals surface area (Å²) in [5.41, 5.74) is 12.4. The van der Waals surface area contributed by atoms with E-state index in [1.807, 2.05) is 32.9 Å². The number of hydrogen-bond donors (Lipinski definition) is 4. The number of nitrogens with two attached hydrogens (primary N) is 2. The molecule has 22 heavy (non-hydrogen) atoms. The lowest BCUT2D eigenvalue weighted by atomic mass is 10.0. The van der Waals surface area contributed by atoms with Crippen molar-refractivity contribution in [1.82, 2.24) is 5.32 Å². The van der Waals surface area contributed by atoms with Crippen molar-refractivity contribution in [2.24, 2.45) is 17.4 Å². The Morgan fingerprint density at radius 2 is 1.68 bits per heavy atom. The molecule has 1 aromatic rings. The molecule has 0 bridgehead atoms. The maximum absolute atomic E-state index is 12.0. The van der Waals surface area contributed by atoms with Crippen LogP contribution in [-0.4, -0.2) is 18.0 Å². The molecule has 0 spiro atoms. The number of rotatable bonds is 6. The Morgan fingerprint density at radius 3 is 2.14 bits per heavy atom. The Labute approximate surface area is 137 Å². The molecular weight excluding hydrogens is 304 g/mol. The maximum Gasteiger partial charge on any atom is 0.316 e. The fourth-order valence-corrected chi connectivity index (χ4v) is 2.02. The van der Waals surface area contributed by atoms with Crippen LogP contribution in [0.4, 0.5) is 10.5 Å². The van der Waals surface area contributed by atoms with Gasteiger partial charge in [0, 0.05) is 5.69 Å². The third kappa shape index (κ3) is 6.78. The van der Waals surface area contributed by atoms with Gasteiger partial charge in [0.25, 0.3) is 0 Å². The Hall–Kier alpha value is -1.79. The first kappa shape index (κ1) is 20.2. The highest BCUT2D eigenvalue weighted by Crippen LogP contribution is 2.16. The Kier molecular flexibility index (Phi) is 8.52.